The molecule has 1 aliphatic carbocycles. The second-order valence-electron chi connectivity index (χ2n) is 4.79. The van der Waals surface area contributed by atoms with Crippen LogP contribution in [0.15, 0.2) is 5.16 Å². The zero-order valence-electron chi connectivity index (χ0n) is 11.4. The number of aliphatic carboxylic acids is 1. The summed E-state index contributed by atoms with van der Waals surface area (Å²) in [4.78, 5) is 12.8. The molecule has 7 heteroatoms. The van der Waals surface area contributed by atoms with Gasteiger partial charge in [0.1, 0.15) is 0 Å². The van der Waals surface area contributed by atoms with Crippen LogP contribution >= 0.6 is 11.8 Å². The number of nitrogens with zero attached hydrogens (tertiary/aromatic N) is 4. The van der Waals surface area contributed by atoms with Gasteiger partial charge in [-0.1, -0.05) is 24.6 Å². The van der Waals surface area contributed by atoms with Crippen molar-refractivity contribution in [3.05, 3.63) is 0 Å². The van der Waals surface area contributed by atoms with E-state index in [4.69, 9.17) is 5.11 Å². The number of hydrogen-bond donors (Lipinski definition) is 1. The molecule has 0 radical (unpaired) electrons. The highest BCUT2D eigenvalue weighted by Crippen LogP contribution is 2.35. The third kappa shape index (κ3) is 3.20. The molecule has 2 rings (SSSR count). The number of carbonyl (C=O) groups is 1. The molecular weight excluding hydrogens is 264 g/mol. The minimum absolute atomic E-state index is 0.0285. The summed E-state index contributed by atoms with van der Waals surface area (Å²) in [6.45, 7) is 2.92. The van der Waals surface area contributed by atoms with Gasteiger partial charge in [0, 0.05) is 19.6 Å². The summed E-state index contributed by atoms with van der Waals surface area (Å²) < 4.78 is 2.13. The largest absolute Gasteiger partial charge is 0.481 e. The van der Waals surface area contributed by atoms with Gasteiger partial charge in [0.2, 0.25) is 5.95 Å². The lowest BCUT2D eigenvalue weighted by molar-refractivity contribution is -0.133. The summed E-state index contributed by atoms with van der Waals surface area (Å²) in [7, 11) is 1.99. The summed E-state index contributed by atoms with van der Waals surface area (Å²) in [5.41, 5.74) is 0. The van der Waals surface area contributed by atoms with Gasteiger partial charge in [-0.15, -0.1) is 10.2 Å². The van der Waals surface area contributed by atoms with Gasteiger partial charge in [0.15, 0.2) is 5.16 Å². The fraction of sp³-hybridized carbons (Fsp3) is 0.750. The average Bonchev–Trinajstić information content (AvgIpc) is 3.03. The van der Waals surface area contributed by atoms with E-state index < -0.39 is 5.97 Å². The molecule has 1 fully saturated rings. The third-order valence-corrected chi connectivity index (χ3v) is 4.40. The highest BCUT2D eigenvalue weighted by molar-refractivity contribution is 7.99. The molecule has 106 valence electrons. The minimum Gasteiger partial charge on any atom is -0.481 e. The molecule has 0 spiro atoms. The Bertz CT molecular complexity index is 443. The highest BCUT2D eigenvalue weighted by Gasteiger charge is 2.25. The van der Waals surface area contributed by atoms with Gasteiger partial charge < -0.3 is 10.0 Å². The van der Waals surface area contributed by atoms with Crippen molar-refractivity contribution in [2.24, 2.45) is 0 Å². The van der Waals surface area contributed by atoms with Crippen LogP contribution in [0.25, 0.3) is 0 Å². The zero-order valence-corrected chi connectivity index (χ0v) is 12.2. The van der Waals surface area contributed by atoms with Crippen molar-refractivity contribution in [2.75, 3.05) is 24.2 Å². The predicted octanol–water partition coefficient (Wildman–Crippen LogP) is 2.03. The van der Waals surface area contributed by atoms with Crippen molar-refractivity contribution in [3.8, 4) is 0 Å². The van der Waals surface area contributed by atoms with E-state index in [2.05, 4.69) is 26.6 Å². The van der Waals surface area contributed by atoms with E-state index in [0.29, 0.717) is 6.04 Å². The molecule has 1 heterocycles. The maximum absolute atomic E-state index is 10.7. The van der Waals surface area contributed by atoms with Crippen LogP contribution in [-0.4, -0.2) is 45.2 Å². The van der Waals surface area contributed by atoms with E-state index in [0.717, 1.165) is 30.5 Å². The molecule has 1 aliphatic rings. The predicted molar refractivity (Wildman–Crippen MR) is 74.8 cm³/mol. The molecule has 19 heavy (non-hydrogen) atoms. The van der Waals surface area contributed by atoms with Crippen LogP contribution in [0.4, 0.5) is 5.95 Å². The van der Waals surface area contributed by atoms with Crippen molar-refractivity contribution < 1.29 is 9.90 Å². The molecule has 0 aliphatic heterocycles. The Morgan fingerprint density at radius 2 is 2.16 bits per heavy atom. The topological polar surface area (TPSA) is 71.2 Å². The fourth-order valence-corrected chi connectivity index (χ4v) is 3.10. The maximum Gasteiger partial charge on any atom is 0.313 e. The van der Waals surface area contributed by atoms with Crippen molar-refractivity contribution in [2.45, 2.75) is 43.8 Å². The number of carboxylic acid groups (broad SMARTS) is 1. The lowest BCUT2D eigenvalue weighted by Gasteiger charge is -2.21. The molecule has 0 atom stereocenters. The summed E-state index contributed by atoms with van der Waals surface area (Å²) in [6, 6.07) is 0.412. The van der Waals surface area contributed by atoms with Gasteiger partial charge in [-0.2, -0.15) is 0 Å². The quantitative estimate of drug-likeness (QED) is 0.806. The van der Waals surface area contributed by atoms with Crippen LogP contribution in [0.5, 0.6) is 0 Å². The molecule has 1 aromatic heterocycles. The zero-order chi connectivity index (χ0) is 13.8. The van der Waals surface area contributed by atoms with Crippen LogP contribution in [0, 0.1) is 0 Å². The molecule has 1 N–H and O–H groups in total. The molecular formula is C12H20N4O2S. The number of aromatic nitrogens is 3. The molecule has 6 nitrogen and oxygen atoms in total. The summed E-state index contributed by atoms with van der Waals surface area (Å²) in [6.07, 6.45) is 4.70. The number of carboxylic acids is 1. The molecule has 0 unspecified atom stereocenters. The highest BCUT2D eigenvalue weighted by atomic mass is 32.2. The lowest BCUT2D eigenvalue weighted by atomic mass is 10.2. The molecule has 0 bridgehead atoms. The van der Waals surface area contributed by atoms with E-state index in [1.54, 1.807) is 0 Å². The van der Waals surface area contributed by atoms with Crippen LogP contribution in [0.2, 0.25) is 0 Å². The van der Waals surface area contributed by atoms with Crippen LogP contribution in [0.1, 0.15) is 38.6 Å². The Hall–Kier alpha value is -1.24. The second-order valence-corrected chi connectivity index (χ2v) is 5.73. The number of hydrogen-bond acceptors (Lipinski definition) is 5. The molecule has 0 aromatic carbocycles. The normalized spacial score (nSPS) is 15.9. The van der Waals surface area contributed by atoms with E-state index in [1.165, 1.54) is 24.6 Å². The second kappa shape index (κ2) is 6.27. The minimum atomic E-state index is -0.823. The lowest BCUT2D eigenvalue weighted by Crippen LogP contribution is -2.22. The van der Waals surface area contributed by atoms with Crippen molar-refractivity contribution in [1.82, 2.24) is 14.8 Å². The molecule has 1 aromatic rings. The molecule has 0 saturated heterocycles. The Morgan fingerprint density at radius 1 is 1.47 bits per heavy atom. The Morgan fingerprint density at radius 3 is 2.74 bits per heavy atom. The van der Waals surface area contributed by atoms with Crippen LogP contribution in [-0.2, 0) is 4.79 Å². The van der Waals surface area contributed by atoms with E-state index in [-0.39, 0.29) is 5.75 Å². The third-order valence-electron chi connectivity index (χ3n) is 3.48. The maximum atomic E-state index is 10.7. The number of rotatable bonds is 6. The first-order valence-electron chi connectivity index (χ1n) is 6.64. The number of thioether (sulfide) groups is 1. The first kappa shape index (κ1) is 14.2. The monoisotopic (exact) mass is 284 g/mol. The van der Waals surface area contributed by atoms with Gasteiger partial charge >= 0.3 is 5.97 Å². The number of anilines is 1. The first-order chi connectivity index (χ1) is 9.13. The summed E-state index contributed by atoms with van der Waals surface area (Å²) >= 11 is 1.25. The van der Waals surface area contributed by atoms with E-state index >= 15 is 0 Å². The standard InChI is InChI=1S/C12H20N4O2S/c1-3-15(2)11-13-14-12(19-8-10(17)18)16(11)9-6-4-5-7-9/h9H,3-8H2,1-2H3,(H,17,18). The Labute approximate surface area is 117 Å². The van der Waals surface area contributed by atoms with E-state index in [1.807, 2.05) is 7.05 Å². The van der Waals surface area contributed by atoms with Gasteiger partial charge in [0.25, 0.3) is 0 Å². The smallest absolute Gasteiger partial charge is 0.313 e. The Kier molecular flexibility index (Phi) is 4.68. The average molecular weight is 284 g/mol. The van der Waals surface area contributed by atoms with E-state index in [9.17, 15) is 4.79 Å². The van der Waals surface area contributed by atoms with Gasteiger partial charge in [-0.3, -0.25) is 9.36 Å². The van der Waals surface area contributed by atoms with Crippen molar-refractivity contribution >= 4 is 23.7 Å². The summed E-state index contributed by atoms with van der Waals surface area (Å²) in [5, 5.41) is 17.9. The van der Waals surface area contributed by atoms with Crippen LogP contribution in [0.3, 0.4) is 0 Å². The van der Waals surface area contributed by atoms with Crippen LogP contribution < -0.4 is 4.90 Å². The molecule has 1 saturated carbocycles. The Balaban J connectivity index is 2.26. The molecule has 0 amide bonds. The van der Waals surface area contributed by atoms with Crippen molar-refractivity contribution in [1.29, 1.82) is 0 Å². The van der Waals surface area contributed by atoms with Gasteiger partial charge in [-0.05, 0) is 19.8 Å². The summed E-state index contributed by atoms with van der Waals surface area (Å²) in [5.74, 6) is 0.0550. The van der Waals surface area contributed by atoms with Crippen molar-refractivity contribution in [3.63, 3.8) is 0 Å². The van der Waals surface area contributed by atoms with Gasteiger partial charge in [-0.25, -0.2) is 0 Å². The van der Waals surface area contributed by atoms with Gasteiger partial charge in [0.05, 0.1) is 5.75 Å². The fourth-order valence-electron chi connectivity index (χ4n) is 2.38. The SMILES string of the molecule is CCN(C)c1nnc(SCC(=O)O)n1C1CCCC1. The first-order valence-corrected chi connectivity index (χ1v) is 7.62.